The van der Waals surface area contributed by atoms with Gasteiger partial charge in [-0.25, -0.2) is 9.18 Å². The van der Waals surface area contributed by atoms with Crippen LogP contribution in [0.4, 0.5) is 9.18 Å². The number of benzene rings is 1. The van der Waals surface area contributed by atoms with Gasteiger partial charge in [-0.15, -0.1) is 0 Å². The summed E-state index contributed by atoms with van der Waals surface area (Å²) in [6.07, 6.45) is -1.03. The molecule has 0 spiro atoms. The number of hydrogen-bond donors (Lipinski definition) is 2. The van der Waals surface area contributed by atoms with Crippen molar-refractivity contribution in [2.45, 2.75) is 12.5 Å². The normalized spacial score (nSPS) is 20.2. The second-order valence-electron chi connectivity index (χ2n) is 4.10. The molecule has 0 radical (unpaired) electrons. The Balaban J connectivity index is 2.31. The first kappa shape index (κ1) is 12.3. The average Bonchev–Trinajstić information content (AvgIpc) is 2.52. The molecule has 2 amide bonds. The van der Waals surface area contributed by atoms with E-state index in [9.17, 15) is 14.0 Å². The maximum atomic E-state index is 12.9. The van der Waals surface area contributed by atoms with Gasteiger partial charge in [-0.05, 0) is 17.7 Å². The Kier molecular flexibility index (Phi) is 3.45. The van der Waals surface area contributed by atoms with Crippen LogP contribution in [-0.2, 0) is 4.79 Å². The molecule has 1 saturated heterocycles. The molecular formula is C12H13FN2O3. The molecular weight excluding hydrogens is 239 g/mol. The summed E-state index contributed by atoms with van der Waals surface area (Å²) < 4.78 is 12.9. The van der Waals surface area contributed by atoms with Gasteiger partial charge >= 0.3 is 6.09 Å². The number of nitrogens with zero attached hydrogens (tertiary/aromatic N) is 1. The highest BCUT2D eigenvalue weighted by atomic mass is 19.1. The van der Waals surface area contributed by atoms with Gasteiger partial charge in [0.15, 0.2) is 0 Å². The summed E-state index contributed by atoms with van der Waals surface area (Å²) in [6, 6.07) is 4.98. The van der Waals surface area contributed by atoms with E-state index in [1.807, 2.05) is 0 Å². The predicted octanol–water partition coefficient (Wildman–Crippen LogP) is 1.37. The molecule has 0 aromatic heterocycles. The molecule has 0 saturated carbocycles. The molecule has 0 unspecified atom stereocenters. The van der Waals surface area contributed by atoms with E-state index in [0.29, 0.717) is 12.1 Å². The largest absolute Gasteiger partial charge is 0.465 e. The number of carbonyl (C=O) groups is 2. The third-order valence-corrected chi connectivity index (χ3v) is 2.93. The number of carbonyl (C=O) groups excluding carboxylic acids is 1. The van der Waals surface area contributed by atoms with Gasteiger partial charge in [0.05, 0.1) is 12.5 Å². The molecule has 5 nitrogen and oxygen atoms in total. The number of rotatable bonds is 1. The molecule has 0 bridgehead atoms. The fourth-order valence-corrected chi connectivity index (χ4v) is 2.04. The number of halogens is 1. The van der Waals surface area contributed by atoms with Crippen LogP contribution < -0.4 is 5.32 Å². The highest BCUT2D eigenvalue weighted by Gasteiger charge is 2.29. The Morgan fingerprint density at radius 3 is 2.67 bits per heavy atom. The average molecular weight is 252 g/mol. The second-order valence-corrected chi connectivity index (χ2v) is 4.10. The first-order valence-electron chi connectivity index (χ1n) is 5.59. The highest BCUT2D eigenvalue weighted by molar-refractivity contribution is 5.78. The topological polar surface area (TPSA) is 69.6 Å². The monoisotopic (exact) mass is 252 g/mol. The van der Waals surface area contributed by atoms with Crippen molar-refractivity contribution >= 4 is 12.0 Å². The molecule has 2 N–H and O–H groups in total. The molecule has 96 valence electrons. The standard InChI is InChI=1S/C12H13FN2O3/c13-9-3-1-8(2-4-9)10-7-11(16)14-5-6-15(10)12(17)18/h1-4,10H,5-7H2,(H,14,16)(H,17,18)/t10-/m1/s1. The van der Waals surface area contributed by atoms with Crippen molar-refractivity contribution in [3.05, 3.63) is 35.6 Å². The van der Waals surface area contributed by atoms with Gasteiger partial charge < -0.3 is 10.4 Å². The summed E-state index contributed by atoms with van der Waals surface area (Å²) in [7, 11) is 0. The van der Waals surface area contributed by atoms with E-state index in [0.717, 1.165) is 0 Å². The zero-order valence-electron chi connectivity index (χ0n) is 9.60. The van der Waals surface area contributed by atoms with E-state index >= 15 is 0 Å². The highest BCUT2D eigenvalue weighted by Crippen LogP contribution is 2.25. The summed E-state index contributed by atoms with van der Waals surface area (Å²) in [5, 5.41) is 11.8. The minimum atomic E-state index is -1.08. The van der Waals surface area contributed by atoms with Crippen LogP contribution in [0.25, 0.3) is 0 Å². The Morgan fingerprint density at radius 1 is 1.39 bits per heavy atom. The fraction of sp³-hybridized carbons (Fsp3) is 0.333. The van der Waals surface area contributed by atoms with Crippen LogP contribution >= 0.6 is 0 Å². The van der Waals surface area contributed by atoms with Crippen molar-refractivity contribution in [3.8, 4) is 0 Å². The Bertz CT molecular complexity index is 461. The van der Waals surface area contributed by atoms with Crippen molar-refractivity contribution in [1.82, 2.24) is 10.2 Å². The third-order valence-electron chi connectivity index (χ3n) is 2.93. The number of amides is 2. The number of nitrogens with one attached hydrogen (secondary N) is 1. The van der Waals surface area contributed by atoms with E-state index in [2.05, 4.69) is 5.32 Å². The maximum Gasteiger partial charge on any atom is 0.407 e. The smallest absolute Gasteiger partial charge is 0.407 e. The Labute approximate surface area is 103 Å². The lowest BCUT2D eigenvalue weighted by Crippen LogP contribution is -2.35. The van der Waals surface area contributed by atoms with Crippen molar-refractivity contribution in [3.63, 3.8) is 0 Å². The Morgan fingerprint density at radius 2 is 2.06 bits per heavy atom. The quantitative estimate of drug-likeness (QED) is 0.793. The molecule has 18 heavy (non-hydrogen) atoms. The minimum absolute atomic E-state index is 0.0535. The molecule has 0 aliphatic carbocycles. The third kappa shape index (κ3) is 2.58. The number of hydrogen-bond acceptors (Lipinski definition) is 2. The van der Waals surface area contributed by atoms with E-state index < -0.39 is 18.0 Å². The van der Waals surface area contributed by atoms with Crippen LogP contribution in [0.2, 0.25) is 0 Å². The van der Waals surface area contributed by atoms with Crippen molar-refractivity contribution in [2.75, 3.05) is 13.1 Å². The van der Waals surface area contributed by atoms with E-state index in [-0.39, 0.29) is 18.9 Å². The lowest BCUT2D eigenvalue weighted by atomic mass is 10.0. The van der Waals surface area contributed by atoms with Crippen LogP contribution in [-0.4, -0.2) is 35.1 Å². The Hall–Kier alpha value is -2.11. The SMILES string of the molecule is O=C1C[C@H](c2ccc(F)cc2)N(C(=O)O)CCN1. The van der Waals surface area contributed by atoms with Gasteiger partial charge in [0.1, 0.15) is 5.82 Å². The van der Waals surface area contributed by atoms with E-state index in [1.54, 1.807) is 0 Å². The van der Waals surface area contributed by atoms with E-state index in [4.69, 9.17) is 5.11 Å². The molecule has 1 aliphatic heterocycles. The van der Waals surface area contributed by atoms with Gasteiger partial charge in [-0.2, -0.15) is 0 Å². The maximum absolute atomic E-state index is 12.9. The summed E-state index contributed by atoms with van der Waals surface area (Å²) in [5.41, 5.74) is 0.621. The van der Waals surface area contributed by atoms with E-state index in [1.165, 1.54) is 29.2 Å². The lowest BCUT2D eigenvalue weighted by Gasteiger charge is -2.26. The lowest BCUT2D eigenvalue weighted by molar-refractivity contribution is -0.121. The summed E-state index contributed by atoms with van der Waals surface area (Å²) in [4.78, 5) is 23.9. The first-order valence-corrected chi connectivity index (χ1v) is 5.59. The second kappa shape index (κ2) is 5.03. The zero-order chi connectivity index (χ0) is 13.1. The minimum Gasteiger partial charge on any atom is -0.465 e. The van der Waals surface area contributed by atoms with Crippen LogP contribution in [0.15, 0.2) is 24.3 Å². The fourth-order valence-electron chi connectivity index (χ4n) is 2.04. The van der Waals surface area contributed by atoms with Gasteiger partial charge in [0, 0.05) is 13.1 Å². The molecule has 6 heteroatoms. The van der Waals surface area contributed by atoms with Crippen molar-refractivity contribution in [1.29, 1.82) is 0 Å². The van der Waals surface area contributed by atoms with Gasteiger partial charge in [-0.3, -0.25) is 9.69 Å². The van der Waals surface area contributed by atoms with Crippen LogP contribution in [0.5, 0.6) is 0 Å². The zero-order valence-corrected chi connectivity index (χ0v) is 9.60. The van der Waals surface area contributed by atoms with Gasteiger partial charge in [-0.1, -0.05) is 12.1 Å². The molecule has 1 aromatic rings. The molecule has 2 rings (SSSR count). The molecule has 1 heterocycles. The first-order chi connectivity index (χ1) is 8.58. The number of carboxylic acid groups (broad SMARTS) is 1. The molecule has 1 aliphatic rings. The van der Waals surface area contributed by atoms with Crippen LogP contribution in [0.1, 0.15) is 18.0 Å². The summed E-state index contributed by atoms with van der Waals surface area (Å²) >= 11 is 0. The van der Waals surface area contributed by atoms with Crippen molar-refractivity contribution < 1.29 is 19.1 Å². The van der Waals surface area contributed by atoms with Gasteiger partial charge in [0.25, 0.3) is 0 Å². The molecule has 1 fully saturated rings. The summed E-state index contributed by atoms with van der Waals surface area (Å²) in [6.45, 7) is 0.520. The molecule has 1 aromatic carbocycles. The molecule has 1 atom stereocenters. The van der Waals surface area contributed by atoms with Crippen molar-refractivity contribution in [2.24, 2.45) is 0 Å². The summed E-state index contributed by atoms with van der Waals surface area (Å²) in [5.74, 6) is -0.591. The van der Waals surface area contributed by atoms with Crippen LogP contribution in [0, 0.1) is 5.82 Å². The predicted molar refractivity (Wildman–Crippen MR) is 61.5 cm³/mol. The van der Waals surface area contributed by atoms with Crippen LogP contribution in [0.3, 0.4) is 0 Å². The van der Waals surface area contributed by atoms with Gasteiger partial charge in [0.2, 0.25) is 5.91 Å².